The van der Waals surface area contributed by atoms with E-state index in [0.29, 0.717) is 30.6 Å². The van der Waals surface area contributed by atoms with Crippen LogP contribution >= 0.6 is 0 Å². The molecule has 5 rings (SSSR count). The van der Waals surface area contributed by atoms with Gasteiger partial charge in [-0.3, -0.25) is 0 Å². The highest BCUT2D eigenvalue weighted by Crippen LogP contribution is 2.32. The van der Waals surface area contributed by atoms with Crippen LogP contribution in [0.2, 0.25) is 0 Å². The third kappa shape index (κ3) is 3.25. The largest absolute Gasteiger partial charge is 0.497 e. The molecule has 3 heterocycles. The van der Waals surface area contributed by atoms with E-state index in [1.54, 1.807) is 7.11 Å². The van der Waals surface area contributed by atoms with Crippen molar-refractivity contribution in [2.75, 3.05) is 7.11 Å². The van der Waals surface area contributed by atoms with Crippen LogP contribution in [0.5, 0.6) is 5.75 Å². The topological polar surface area (TPSA) is 88.1 Å². The Morgan fingerprint density at radius 3 is 2.70 bits per heavy atom. The molecule has 0 N–H and O–H groups in total. The molecule has 0 bridgehead atoms. The highest BCUT2D eigenvalue weighted by Gasteiger charge is 2.28. The van der Waals surface area contributed by atoms with Gasteiger partial charge in [-0.2, -0.15) is 4.98 Å². The zero-order valence-corrected chi connectivity index (χ0v) is 17.0. The molecule has 0 unspecified atom stereocenters. The lowest BCUT2D eigenvalue weighted by molar-refractivity contribution is -0.00153. The lowest BCUT2D eigenvalue weighted by Gasteiger charge is -2.25. The van der Waals surface area contributed by atoms with Gasteiger partial charge in [-0.25, -0.2) is 4.68 Å². The Hall–Kier alpha value is -3.52. The van der Waals surface area contributed by atoms with Gasteiger partial charge in [0.05, 0.1) is 26.0 Å². The molecule has 30 heavy (non-hydrogen) atoms. The zero-order valence-electron chi connectivity index (χ0n) is 17.0. The van der Waals surface area contributed by atoms with E-state index in [9.17, 15) is 0 Å². The molecule has 2 aromatic carbocycles. The summed E-state index contributed by atoms with van der Waals surface area (Å²) in [4.78, 5) is 4.50. The molecular weight excluding hydrogens is 382 g/mol. The fourth-order valence-electron chi connectivity index (χ4n) is 3.73. The average Bonchev–Trinajstić information content (AvgIpc) is 3.40. The Kier molecular flexibility index (Phi) is 4.55. The molecule has 152 valence electrons. The van der Waals surface area contributed by atoms with Crippen molar-refractivity contribution in [1.82, 2.24) is 25.1 Å². The van der Waals surface area contributed by atoms with Crippen LogP contribution in [0.3, 0.4) is 0 Å². The van der Waals surface area contributed by atoms with E-state index in [0.717, 1.165) is 17.0 Å². The molecule has 1 aliphatic heterocycles. The van der Waals surface area contributed by atoms with Crippen LogP contribution in [0.15, 0.2) is 47.0 Å². The Bertz CT molecular complexity index is 1200. The number of ether oxygens (including phenoxy) is 2. The normalized spacial score (nSPS) is 15.8. The SMILES string of the molecule is COc1ccc(-c2noc(-c3nnn4c3CO[C@@H](c3ccc(C)cc3C)C4)n2)cc1. The third-order valence-corrected chi connectivity index (χ3v) is 5.35. The van der Waals surface area contributed by atoms with Crippen molar-refractivity contribution in [3.05, 3.63) is 64.8 Å². The Labute approximate surface area is 173 Å². The lowest BCUT2D eigenvalue weighted by atomic mass is 10.0. The summed E-state index contributed by atoms with van der Waals surface area (Å²) in [5, 5.41) is 12.7. The number of aromatic nitrogens is 5. The number of benzene rings is 2. The predicted molar refractivity (Wildman–Crippen MR) is 109 cm³/mol. The van der Waals surface area contributed by atoms with E-state index in [-0.39, 0.29) is 6.10 Å². The second-order valence-electron chi connectivity index (χ2n) is 7.38. The van der Waals surface area contributed by atoms with Crippen LogP contribution in [0.25, 0.3) is 23.0 Å². The Morgan fingerprint density at radius 1 is 1.10 bits per heavy atom. The van der Waals surface area contributed by atoms with Crippen LogP contribution in [0.4, 0.5) is 0 Å². The Balaban J connectivity index is 1.40. The van der Waals surface area contributed by atoms with Gasteiger partial charge in [0, 0.05) is 5.56 Å². The molecule has 2 aromatic heterocycles. The van der Waals surface area contributed by atoms with Crippen LogP contribution < -0.4 is 4.74 Å². The second kappa shape index (κ2) is 7.38. The van der Waals surface area contributed by atoms with Gasteiger partial charge in [0.25, 0.3) is 5.89 Å². The quantitative estimate of drug-likeness (QED) is 0.511. The first-order chi connectivity index (χ1) is 14.6. The molecule has 0 aliphatic carbocycles. The highest BCUT2D eigenvalue weighted by atomic mass is 16.5. The molecular formula is C22H21N5O3. The van der Waals surface area contributed by atoms with Gasteiger partial charge in [0.2, 0.25) is 5.82 Å². The van der Waals surface area contributed by atoms with Crippen LogP contribution in [0, 0.1) is 13.8 Å². The van der Waals surface area contributed by atoms with E-state index < -0.39 is 0 Å². The summed E-state index contributed by atoms with van der Waals surface area (Å²) in [5.74, 6) is 1.58. The molecule has 0 spiro atoms. The van der Waals surface area contributed by atoms with Gasteiger partial charge in [-0.05, 0) is 49.2 Å². The molecule has 0 radical (unpaired) electrons. The minimum Gasteiger partial charge on any atom is -0.497 e. The first-order valence-corrected chi connectivity index (χ1v) is 9.72. The summed E-state index contributed by atoms with van der Waals surface area (Å²) >= 11 is 0. The summed E-state index contributed by atoms with van der Waals surface area (Å²) in [6.45, 7) is 5.16. The molecule has 0 saturated heterocycles. The van der Waals surface area contributed by atoms with Gasteiger partial charge in [0.1, 0.15) is 11.9 Å². The number of hydrogen-bond acceptors (Lipinski definition) is 7. The van der Waals surface area contributed by atoms with E-state index >= 15 is 0 Å². The van der Waals surface area contributed by atoms with Gasteiger partial charge < -0.3 is 14.0 Å². The molecule has 8 heteroatoms. The van der Waals surface area contributed by atoms with Crippen molar-refractivity contribution in [2.45, 2.75) is 33.1 Å². The van der Waals surface area contributed by atoms with Crippen LogP contribution in [0.1, 0.15) is 28.5 Å². The summed E-state index contributed by atoms with van der Waals surface area (Å²) in [6, 6.07) is 13.9. The number of nitrogens with zero attached hydrogens (tertiary/aromatic N) is 5. The minimum absolute atomic E-state index is 0.0646. The highest BCUT2D eigenvalue weighted by molar-refractivity contribution is 5.59. The van der Waals surface area contributed by atoms with E-state index in [4.69, 9.17) is 14.0 Å². The molecule has 0 saturated carbocycles. The lowest BCUT2D eigenvalue weighted by Crippen LogP contribution is -2.22. The van der Waals surface area contributed by atoms with Crippen molar-refractivity contribution in [3.8, 4) is 28.7 Å². The number of aryl methyl sites for hydroxylation is 2. The second-order valence-corrected chi connectivity index (χ2v) is 7.38. The fourth-order valence-corrected chi connectivity index (χ4v) is 3.73. The number of fused-ring (bicyclic) bond motifs is 1. The molecule has 8 nitrogen and oxygen atoms in total. The van der Waals surface area contributed by atoms with E-state index in [2.05, 4.69) is 52.5 Å². The number of hydrogen-bond donors (Lipinski definition) is 0. The summed E-state index contributed by atoms with van der Waals surface area (Å²) < 4.78 is 18.7. The maximum Gasteiger partial charge on any atom is 0.280 e. The number of methoxy groups -OCH3 is 1. The molecule has 1 atom stereocenters. The Morgan fingerprint density at radius 2 is 1.93 bits per heavy atom. The smallest absolute Gasteiger partial charge is 0.280 e. The van der Waals surface area contributed by atoms with Crippen LogP contribution in [-0.4, -0.2) is 32.2 Å². The van der Waals surface area contributed by atoms with Crippen molar-refractivity contribution in [2.24, 2.45) is 0 Å². The molecule has 4 aromatic rings. The predicted octanol–water partition coefficient (Wildman–Crippen LogP) is 3.89. The van der Waals surface area contributed by atoms with Crippen molar-refractivity contribution in [3.63, 3.8) is 0 Å². The van der Waals surface area contributed by atoms with Crippen molar-refractivity contribution < 1.29 is 14.0 Å². The summed E-state index contributed by atoms with van der Waals surface area (Å²) in [7, 11) is 1.63. The minimum atomic E-state index is -0.0646. The van der Waals surface area contributed by atoms with E-state index in [1.165, 1.54) is 16.7 Å². The summed E-state index contributed by atoms with van der Waals surface area (Å²) in [6.07, 6.45) is -0.0646. The summed E-state index contributed by atoms with van der Waals surface area (Å²) in [5.41, 5.74) is 5.84. The standard InChI is InChI=1S/C22H21N5O3/c1-13-4-9-17(14(2)10-13)19-11-27-18(12-29-19)20(24-26-27)22-23-21(25-30-22)15-5-7-16(28-3)8-6-15/h4-10,19H,11-12H2,1-3H3/t19-/m1/s1. The third-order valence-electron chi connectivity index (χ3n) is 5.35. The maximum absolute atomic E-state index is 6.14. The zero-order chi connectivity index (χ0) is 20.7. The van der Waals surface area contributed by atoms with Crippen molar-refractivity contribution >= 4 is 0 Å². The van der Waals surface area contributed by atoms with Gasteiger partial charge in [-0.1, -0.05) is 34.1 Å². The van der Waals surface area contributed by atoms with Crippen LogP contribution in [-0.2, 0) is 17.9 Å². The van der Waals surface area contributed by atoms with Crippen molar-refractivity contribution in [1.29, 1.82) is 0 Å². The van der Waals surface area contributed by atoms with Gasteiger partial charge in [-0.15, -0.1) is 5.10 Å². The average molecular weight is 403 g/mol. The molecule has 0 amide bonds. The van der Waals surface area contributed by atoms with Gasteiger partial charge in [0.15, 0.2) is 5.69 Å². The molecule has 1 aliphatic rings. The first-order valence-electron chi connectivity index (χ1n) is 9.72. The van der Waals surface area contributed by atoms with E-state index in [1.807, 2.05) is 28.9 Å². The first kappa shape index (κ1) is 18.5. The number of rotatable bonds is 4. The monoisotopic (exact) mass is 403 g/mol. The van der Waals surface area contributed by atoms with Gasteiger partial charge >= 0.3 is 0 Å². The molecule has 0 fully saturated rings. The maximum atomic E-state index is 6.14. The fraction of sp³-hybridized carbons (Fsp3) is 0.273.